The van der Waals surface area contributed by atoms with Crippen LogP contribution in [0.4, 0.5) is 0 Å². The molecule has 2 N–H and O–H groups in total. The Morgan fingerprint density at radius 3 is 2.44 bits per heavy atom. The number of nitrogens with zero attached hydrogens (tertiary/aromatic N) is 2. The second-order valence-corrected chi connectivity index (χ2v) is 6.97. The lowest BCUT2D eigenvalue weighted by atomic mass is 9.97. The van der Waals surface area contributed by atoms with Gasteiger partial charge in [-0.25, -0.2) is 0 Å². The van der Waals surface area contributed by atoms with Crippen molar-refractivity contribution in [3.05, 3.63) is 59.9 Å². The van der Waals surface area contributed by atoms with E-state index < -0.39 is 0 Å². The van der Waals surface area contributed by atoms with Crippen molar-refractivity contribution in [3.8, 4) is 28.1 Å². The van der Waals surface area contributed by atoms with Gasteiger partial charge in [0.05, 0.1) is 13.7 Å². The molecule has 2 aromatic carbocycles. The van der Waals surface area contributed by atoms with E-state index in [0.29, 0.717) is 12.3 Å². The Morgan fingerprint density at radius 1 is 1.04 bits per heavy atom. The molecule has 0 atom stereocenters. The topological polar surface area (TPSA) is 64.5 Å². The molecule has 4 rings (SSSR count). The third-order valence-corrected chi connectivity index (χ3v) is 5.16. The van der Waals surface area contributed by atoms with Gasteiger partial charge in [-0.15, -0.1) is 0 Å². The number of nitrogens with two attached hydrogens (primary N) is 1. The SMILES string of the molecule is COc1ccc(-c2ccc(-c3cc(CN)on3)cc2)c(CN2CCCC2)c1. The zero-order chi connectivity index (χ0) is 18.6. The molecule has 27 heavy (non-hydrogen) atoms. The largest absolute Gasteiger partial charge is 0.497 e. The Balaban J connectivity index is 1.63. The molecule has 1 aromatic heterocycles. The molecule has 0 aliphatic carbocycles. The van der Waals surface area contributed by atoms with Crippen LogP contribution in [0.1, 0.15) is 24.2 Å². The summed E-state index contributed by atoms with van der Waals surface area (Å²) in [7, 11) is 1.72. The van der Waals surface area contributed by atoms with Crippen LogP contribution in [0.15, 0.2) is 53.1 Å². The predicted molar refractivity (Wildman–Crippen MR) is 106 cm³/mol. The summed E-state index contributed by atoms with van der Waals surface area (Å²) in [4.78, 5) is 2.51. The fourth-order valence-corrected chi connectivity index (χ4v) is 3.66. The number of hydrogen-bond acceptors (Lipinski definition) is 5. The average molecular weight is 363 g/mol. The first-order valence-electron chi connectivity index (χ1n) is 9.42. The third-order valence-electron chi connectivity index (χ3n) is 5.16. The Labute approximate surface area is 159 Å². The molecule has 2 heterocycles. The van der Waals surface area contributed by atoms with Gasteiger partial charge in [-0.2, -0.15) is 0 Å². The predicted octanol–water partition coefficient (Wildman–Crippen LogP) is 4.07. The van der Waals surface area contributed by atoms with Crippen LogP contribution in [-0.4, -0.2) is 30.3 Å². The molecule has 3 aromatic rings. The van der Waals surface area contributed by atoms with Crippen molar-refractivity contribution in [1.29, 1.82) is 0 Å². The van der Waals surface area contributed by atoms with Gasteiger partial charge in [0.15, 0.2) is 5.76 Å². The molecule has 0 unspecified atom stereocenters. The molecule has 1 aliphatic heterocycles. The van der Waals surface area contributed by atoms with Crippen LogP contribution in [0.25, 0.3) is 22.4 Å². The van der Waals surface area contributed by atoms with Crippen molar-refractivity contribution >= 4 is 0 Å². The fourth-order valence-electron chi connectivity index (χ4n) is 3.66. The van der Waals surface area contributed by atoms with Gasteiger partial charge in [0.1, 0.15) is 11.4 Å². The normalized spacial score (nSPS) is 14.6. The maximum atomic E-state index is 5.60. The molecule has 0 saturated carbocycles. The minimum Gasteiger partial charge on any atom is -0.497 e. The second-order valence-electron chi connectivity index (χ2n) is 6.97. The number of benzene rings is 2. The van der Waals surface area contributed by atoms with E-state index in [2.05, 4.69) is 46.5 Å². The van der Waals surface area contributed by atoms with Gasteiger partial charge in [-0.1, -0.05) is 35.5 Å². The van der Waals surface area contributed by atoms with Crippen LogP contribution >= 0.6 is 0 Å². The lowest BCUT2D eigenvalue weighted by Gasteiger charge is -2.18. The van der Waals surface area contributed by atoms with Crippen molar-refractivity contribution in [2.75, 3.05) is 20.2 Å². The quantitative estimate of drug-likeness (QED) is 0.715. The Hall–Kier alpha value is -2.63. The van der Waals surface area contributed by atoms with E-state index in [1.807, 2.05) is 12.1 Å². The lowest BCUT2D eigenvalue weighted by Crippen LogP contribution is -2.18. The molecule has 0 amide bonds. The summed E-state index contributed by atoms with van der Waals surface area (Å²) in [6.07, 6.45) is 2.58. The highest BCUT2D eigenvalue weighted by Gasteiger charge is 2.15. The summed E-state index contributed by atoms with van der Waals surface area (Å²) < 4.78 is 10.7. The molecular weight excluding hydrogens is 338 g/mol. The third kappa shape index (κ3) is 3.89. The van der Waals surface area contributed by atoms with Crippen molar-refractivity contribution < 1.29 is 9.26 Å². The van der Waals surface area contributed by atoms with Crippen molar-refractivity contribution in [3.63, 3.8) is 0 Å². The first-order chi connectivity index (χ1) is 13.3. The summed E-state index contributed by atoms with van der Waals surface area (Å²) >= 11 is 0. The standard InChI is InChI=1S/C22H25N3O2/c1-26-19-8-9-21(18(12-19)15-25-10-2-3-11-25)16-4-6-17(7-5-16)22-13-20(14-23)27-24-22/h4-9,12-13H,2-3,10-11,14-15,23H2,1H3. The molecule has 1 aliphatic rings. The van der Waals surface area contributed by atoms with E-state index in [1.54, 1.807) is 7.11 Å². The van der Waals surface area contributed by atoms with Gasteiger partial charge < -0.3 is 15.0 Å². The van der Waals surface area contributed by atoms with Crippen molar-refractivity contribution in [1.82, 2.24) is 10.1 Å². The second kappa shape index (κ2) is 7.94. The van der Waals surface area contributed by atoms with Crippen LogP contribution in [-0.2, 0) is 13.1 Å². The summed E-state index contributed by atoms with van der Waals surface area (Å²) in [5.41, 5.74) is 11.2. The summed E-state index contributed by atoms with van der Waals surface area (Å²) in [5.74, 6) is 1.60. The van der Waals surface area contributed by atoms with Crippen molar-refractivity contribution in [2.45, 2.75) is 25.9 Å². The number of aromatic nitrogens is 1. The van der Waals surface area contributed by atoms with E-state index in [4.69, 9.17) is 15.0 Å². The zero-order valence-electron chi connectivity index (χ0n) is 15.6. The highest BCUT2D eigenvalue weighted by atomic mass is 16.5. The molecule has 5 heteroatoms. The van der Waals surface area contributed by atoms with Crippen LogP contribution < -0.4 is 10.5 Å². The van der Waals surface area contributed by atoms with E-state index in [1.165, 1.54) is 42.6 Å². The van der Waals surface area contributed by atoms with Gasteiger partial charge in [0.25, 0.3) is 0 Å². The number of methoxy groups -OCH3 is 1. The smallest absolute Gasteiger partial charge is 0.150 e. The first-order valence-corrected chi connectivity index (χ1v) is 9.42. The highest BCUT2D eigenvalue weighted by Crippen LogP contribution is 2.31. The minimum absolute atomic E-state index is 0.358. The van der Waals surface area contributed by atoms with Crippen LogP contribution in [0.5, 0.6) is 5.75 Å². The number of rotatable bonds is 6. The Bertz CT molecular complexity index is 896. The maximum Gasteiger partial charge on any atom is 0.150 e. The molecule has 140 valence electrons. The Morgan fingerprint density at radius 2 is 1.78 bits per heavy atom. The van der Waals surface area contributed by atoms with Gasteiger partial charge in [-0.05, 0) is 54.8 Å². The molecule has 1 saturated heterocycles. The summed E-state index contributed by atoms with van der Waals surface area (Å²) in [5, 5.41) is 4.09. The highest BCUT2D eigenvalue weighted by molar-refractivity contribution is 5.72. The molecule has 0 bridgehead atoms. The number of ether oxygens (including phenoxy) is 1. The van der Waals surface area contributed by atoms with Crippen molar-refractivity contribution in [2.24, 2.45) is 5.73 Å². The first kappa shape index (κ1) is 17.8. The lowest BCUT2D eigenvalue weighted by molar-refractivity contribution is 0.331. The maximum absolute atomic E-state index is 5.60. The zero-order valence-corrected chi connectivity index (χ0v) is 15.6. The number of likely N-dealkylation sites (tertiary alicyclic amines) is 1. The van der Waals surface area contributed by atoms with Crippen LogP contribution in [0.3, 0.4) is 0 Å². The fraction of sp³-hybridized carbons (Fsp3) is 0.318. The monoisotopic (exact) mass is 363 g/mol. The van der Waals surface area contributed by atoms with E-state index in [-0.39, 0.29) is 0 Å². The molecule has 1 fully saturated rings. The van der Waals surface area contributed by atoms with Gasteiger partial charge in [0, 0.05) is 18.2 Å². The van der Waals surface area contributed by atoms with Gasteiger partial charge >= 0.3 is 0 Å². The van der Waals surface area contributed by atoms with E-state index >= 15 is 0 Å². The van der Waals surface area contributed by atoms with Gasteiger partial charge in [-0.3, -0.25) is 4.90 Å². The summed E-state index contributed by atoms with van der Waals surface area (Å²) in [6, 6.07) is 16.7. The molecule has 0 radical (unpaired) electrons. The molecule has 0 spiro atoms. The van der Waals surface area contributed by atoms with E-state index in [0.717, 1.165) is 23.6 Å². The average Bonchev–Trinajstić information content (AvgIpc) is 3.40. The van der Waals surface area contributed by atoms with Crippen LogP contribution in [0, 0.1) is 0 Å². The van der Waals surface area contributed by atoms with E-state index in [9.17, 15) is 0 Å². The minimum atomic E-state index is 0.358. The summed E-state index contributed by atoms with van der Waals surface area (Å²) in [6.45, 7) is 3.66. The van der Waals surface area contributed by atoms with Crippen LogP contribution in [0.2, 0.25) is 0 Å². The Kier molecular flexibility index (Phi) is 5.23. The molecule has 5 nitrogen and oxygen atoms in total. The number of hydrogen-bond donors (Lipinski definition) is 1. The molecular formula is C22H25N3O2. The van der Waals surface area contributed by atoms with Gasteiger partial charge in [0.2, 0.25) is 0 Å².